The molecule has 1 aromatic carbocycles. The van der Waals surface area contributed by atoms with E-state index in [4.69, 9.17) is 0 Å². The average molecular weight is 393 g/mol. The molecule has 1 fully saturated rings. The number of allylic oxidation sites excluding steroid dienone is 2. The first kappa shape index (κ1) is 21.0. The second-order valence-corrected chi connectivity index (χ2v) is 8.91. The highest BCUT2D eigenvalue weighted by atomic mass is 16.2. The fraction of sp³-hybridized carbons (Fsp3) is 0.458. The van der Waals surface area contributed by atoms with Gasteiger partial charge in [0, 0.05) is 30.2 Å². The lowest BCUT2D eigenvalue weighted by atomic mass is 10.0. The minimum Gasteiger partial charge on any atom is -0.351 e. The van der Waals surface area contributed by atoms with Crippen LogP contribution in [0.25, 0.3) is 16.6 Å². The van der Waals surface area contributed by atoms with Gasteiger partial charge in [-0.25, -0.2) is 9.97 Å². The highest BCUT2D eigenvalue weighted by Gasteiger charge is 2.68. The predicted molar refractivity (Wildman–Crippen MR) is 120 cm³/mol. The van der Waals surface area contributed by atoms with Crippen molar-refractivity contribution < 1.29 is 4.79 Å². The summed E-state index contributed by atoms with van der Waals surface area (Å²) >= 11 is 0. The Labute approximate surface area is 173 Å². The monoisotopic (exact) mass is 392 g/mol. The van der Waals surface area contributed by atoms with E-state index in [9.17, 15) is 4.79 Å². The summed E-state index contributed by atoms with van der Waals surface area (Å²) in [5.74, 6) is 0.322. The van der Waals surface area contributed by atoms with Gasteiger partial charge in [-0.1, -0.05) is 58.9 Å². The third kappa shape index (κ3) is 3.78. The van der Waals surface area contributed by atoms with Crippen molar-refractivity contribution in [1.29, 1.82) is 0 Å². The Morgan fingerprint density at radius 1 is 1.24 bits per heavy atom. The first-order chi connectivity index (χ1) is 13.6. The van der Waals surface area contributed by atoms with Gasteiger partial charge in [0.05, 0.1) is 5.52 Å². The van der Waals surface area contributed by atoms with Gasteiger partial charge in [0.15, 0.2) is 0 Å². The van der Waals surface area contributed by atoms with Crippen molar-refractivity contribution in [3.8, 4) is 0 Å². The molecular weight excluding hydrogens is 360 g/mol. The van der Waals surface area contributed by atoms with E-state index >= 15 is 0 Å². The molecule has 29 heavy (non-hydrogen) atoms. The van der Waals surface area contributed by atoms with Crippen LogP contribution in [0.4, 0.5) is 5.95 Å². The van der Waals surface area contributed by atoms with Crippen molar-refractivity contribution in [2.24, 2.45) is 16.7 Å². The van der Waals surface area contributed by atoms with E-state index in [0.717, 1.165) is 28.6 Å². The zero-order valence-corrected chi connectivity index (χ0v) is 18.6. The predicted octanol–water partition coefficient (Wildman–Crippen LogP) is 5.47. The Morgan fingerprint density at radius 2 is 1.93 bits per heavy atom. The minimum absolute atomic E-state index is 0.00548. The molecule has 3 rings (SSSR count). The van der Waals surface area contributed by atoms with E-state index in [0.29, 0.717) is 5.95 Å². The lowest BCUT2D eigenvalue weighted by Crippen LogP contribution is -2.19. The highest BCUT2D eigenvalue weighted by Crippen LogP contribution is 2.68. The van der Waals surface area contributed by atoms with Crippen molar-refractivity contribution in [3.05, 3.63) is 48.3 Å². The second kappa shape index (κ2) is 7.62. The van der Waals surface area contributed by atoms with Gasteiger partial charge in [-0.15, -0.1) is 0 Å². The molecule has 1 amide bonds. The number of rotatable bonds is 6. The number of fused-ring (bicyclic) bond motifs is 1. The molecule has 1 aliphatic carbocycles. The number of carbonyl (C=O) groups excluding carboxylic acids is 1. The maximum absolute atomic E-state index is 12.7. The second-order valence-electron chi connectivity index (χ2n) is 8.91. The number of nitrogens with zero attached hydrogens (tertiary/aromatic N) is 3. The van der Waals surface area contributed by atoms with Crippen LogP contribution in [0.15, 0.2) is 42.7 Å². The smallest absolute Gasteiger partial charge is 0.230 e. The van der Waals surface area contributed by atoms with Crippen LogP contribution in [-0.4, -0.2) is 27.8 Å². The molecule has 1 aliphatic rings. The fourth-order valence-corrected chi connectivity index (χ4v) is 4.19. The van der Waals surface area contributed by atoms with E-state index in [1.807, 2.05) is 26.1 Å². The number of aromatic nitrogens is 2. The molecule has 1 aromatic heterocycles. The van der Waals surface area contributed by atoms with Crippen LogP contribution >= 0.6 is 0 Å². The Bertz CT molecular complexity index is 974. The summed E-state index contributed by atoms with van der Waals surface area (Å²) in [6.45, 7) is 12.7. The van der Waals surface area contributed by atoms with E-state index in [1.165, 1.54) is 0 Å². The quantitative estimate of drug-likeness (QED) is 0.708. The standard InChI is InChI=1S/C24H32N4O/c1-8-10-13-28(7)19(9-2)16-11-12-17-15-25-22(26-18(17)14-16)27-21(29)20-23(3,4)24(20,5)6/h9-15,20H,8H2,1-7H3,(H,25,26,27,29)/b13-10+,19-9-. The Kier molecular flexibility index (Phi) is 5.52. The van der Waals surface area contributed by atoms with E-state index in [2.05, 4.69) is 79.2 Å². The van der Waals surface area contributed by atoms with Gasteiger partial charge >= 0.3 is 0 Å². The molecule has 5 heteroatoms. The fourth-order valence-electron chi connectivity index (χ4n) is 4.19. The van der Waals surface area contributed by atoms with E-state index in [1.54, 1.807) is 6.20 Å². The SMILES string of the molecule is C/C=C(/c1ccc2cnc(NC(=O)C3C(C)(C)C3(C)C)nc2c1)N(C)/C=C/CC. The molecule has 0 saturated heterocycles. The molecular formula is C24H32N4O. The van der Waals surface area contributed by atoms with Crippen LogP contribution in [0, 0.1) is 16.7 Å². The van der Waals surface area contributed by atoms with Crippen molar-refractivity contribution in [2.75, 3.05) is 12.4 Å². The molecule has 154 valence electrons. The van der Waals surface area contributed by atoms with Crippen LogP contribution < -0.4 is 5.32 Å². The normalized spacial score (nSPS) is 18.2. The summed E-state index contributed by atoms with van der Waals surface area (Å²) < 4.78 is 0. The van der Waals surface area contributed by atoms with Gasteiger partial charge in [0.2, 0.25) is 11.9 Å². The van der Waals surface area contributed by atoms with E-state index in [-0.39, 0.29) is 22.7 Å². The van der Waals surface area contributed by atoms with Gasteiger partial charge in [-0.3, -0.25) is 10.1 Å². The number of anilines is 1. The summed E-state index contributed by atoms with van der Waals surface area (Å²) in [5, 5.41) is 3.87. The summed E-state index contributed by atoms with van der Waals surface area (Å²) in [7, 11) is 2.04. The number of benzene rings is 1. The molecule has 0 atom stereocenters. The van der Waals surface area contributed by atoms with Crippen LogP contribution in [0.1, 0.15) is 53.5 Å². The average Bonchev–Trinajstić information content (AvgIpc) is 3.08. The maximum Gasteiger partial charge on any atom is 0.230 e. The molecule has 5 nitrogen and oxygen atoms in total. The van der Waals surface area contributed by atoms with Crippen molar-refractivity contribution >= 4 is 28.5 Å². The van der Waals surface area contributed by atoms with Gasteiger partial charge < -0.3 is 4.90 Å². The number of nitrogens with one attached hydrogen (secondary N) is 1. The third-order valence-corrected chi connectivity index (χ3v) is 6.61. The number of amides is 1. The number of hydrogen-bond acceptors (Lipinski definition) is 4. The summed E-state index contributed by atoms with van der Waals surface area (Å²) in [6, 6.07) is 6.14. The van der Waals surface area contributed by atoms with Crippen molar-refractivity contribution in [2.45, 2.75) is 48.0 Å². The van der Waals surface area contributed by atoms with Crippen LogP contribution in [-0.2, 0) is 4.79 Å². The number of hydrogen-bond donors (Lipinski definition) is 1. The lowest BCUT2D eigenvalue weighted by Gasteiger charge is -2.19. The van der Waals surface area contributed by atoms with Gasteiger partial charge in [-0.2, -0.15) is 0 Å². The lowest BCUT2D eigenvalue weighted by molar-refractivity contribution is -0.118. The summed E-state index contributed by atoms with van der Waals surface area (Å²) in [5.41, 5.74) is 2.96. The summed E-state index contributed by atoms with van der Waals surface area (Å²) in [6.07, 6.45) is 9.04. The molecule has 1 heterocycles. The molecule has 2 aromatic rings. The van der Waals surface area contributed by atoms with E-state index < -0.39 is 0 Å². The summed E-state index contributed by atoms with van der Waals surface area (Å²) in [4.78, 5) is 23.8. The Balaban J connectivity index is 1.86. The third-order valence-electron chi connectivity index (χ3n) is 6.61. The molecule has 0 spiro atoms. The maximum atomic E-state index is 12.7. The van der Waals surface area contributed by atoms with Gasteiger partial charge in [0.25, 0.3) is 0 Å². The molecule has 0 bridgehead atoms. The molecule has 1 N–H and O–H groups in total. The molecule has 0 unspecified atom stereocenters. The van der Waals surface area contributed by atoms with Crippen LogP contribution in [0.5, 0.6) is 0 Å². The minimum atomic E-state index is -0.0331. The van der Waals surface area contributed by atoms with Crippen LogP contribution in [0.3, 0.4) is 0 Å². The van der Waals surface area contributed by atoms with Gasteiger partial charge in [-0.05, 0) is 42.0 Å². The zero-order chi connectivity index (χ0) is 21.4. The Morgan fingerprint density at radius 3 is 2.52 bits per heavy atom. The first-order valence-electron chi connectivity index (χ1n) is 10.3. The van der Waals surface area contributed by atoms with Crippen molar-refractivity contribution in [1.82, 2.24) is 14.9 Å². The highest BCUT2D eigenvalue weighted by molar-refractivity contribution is 5.95. The zero-order valence-electron chi connectivity index (χ0n) is 18.6. The largest absolute Gasteiger partial charge is 0.351 e. The molecule has 0 radical (unpaired) electrons. The number of carbonyl (C=O) groups is 1. The molecule has 1 saturated carbocycles. The molecule has 0 aliphatic heterocycles. The van der Waals surface area contributed by atoms with Crippen molar-refractivity contribution in [3.63, 3.8) is 0 Å². The Hall–Kier alpha value is -2.69. The topological polar surface area (TPSA) is 58.1 Å². The first-order valence-corrected chi connectivity index (χ1v) is 10.3. The van der Waals surface area contributed by atoms with Gasteiger partial charge in [0.1, 0.15) is 0 Å². The van der Waals surface area contributed by atoms with Crippen LogP contribution in [0.2, 0.25) is 0 Å².